The van der Waals surface area contributed by atoms with Crippen LogP contribution in [0, 0.1) is 0 Å². The molecule has 0 aliphatic carbocycles. The lowest BCUT2D eigenvalue weighted by atomic mass is 10.0. The fourth-order valence-electron chi connectivity index (χ4n) is 4.82. The molecule has 3 aromatic rings. The van der Waals surface area contributed by atoms with Crippen molar-refractivity contribution in [1.82, 2.24) is 30.2 Å². The smallest absolute Gasteiger partial charge is 0.255 e. The van der Waals surface area contributed by atoms with Crippen LogP contribution in [-0.2, 0) is 16.1 Å². The number of halogens is 1. The Morgan fingerprint density at radius 3 is 2.67 bits per heavy atom. The van der Waals surface area contributed by atoms with E-state index in [1.54, 1.807) is 41.2 Å². The van der Waals surface area contributed by atoms with Crippen LogP contribution in [0.5, 0.6) is 0 Å². The van der Waals surface area contributed by atoms with Crippen molar-refractivity contribution < 1.29 is 14.3 Å². The van der Waals surface area contributed by atoms with Crippen molar-refractivity contribution in [3.8, 4) is 11.3 Å². The van der Waals surface area contributed by atoms with Crippen molar-refractivity contribution >= 4 is 35.3 Å². The van der Waals surface area contributed by atoms with E-state index in [1.807, 2.05) is 33.2 Å². The standard InChI is InChI=1S/C28H33ClN8O3/c1-16(23-7-10-30-28(34-23)36(3)4)32-25(38)17(2)37-15-19-6-5-18(13-21(19)26(37)39)24-22(29)14-31-27(35-24)33-20-8-11-40-12-9-20/h5-7,10,13-14,16-17,20H,8-9,11-12,15H2,1-4H3,(H,32,38)(H,31,33,35). The minimum Gasteiger partial charge on any atom is -0.381 e. The fraction of sp³-hybridized carbons (Fsp3) is 0.429. The Labute approximate surface area is 238 Å². The summed E-state index contributed by atoms with van der Waals surface area (Å²) in [4.78, 5) is 47.7. The van der Waals surface area contributed by atoms with E-state index >= 15 is 0 Å². The number of anilines is 2. The Morgan fingerprint density at radius 1 is 1.15 bits per heavy atom. The highest BCUT2D eigenvalue weighted by Gasteiger charge is 2.35. The summed E-state index contributed by atoms with van der Waals surface area (Å²) < 4.78 is 5.42. The second kappa shape index (κ2) is 11.7. The van der Waals surface area contributed by atoms with Crippen molar-refractivity contribution in [2.75, 3.05) is 37.5 Å². The van der Waals surface area contributed by atoms with Crippen LogP contribution < -0.4 is 15.5 Å². The largest absolute Gasteiger partial charge is 0.381 e. The van der Waals surface area contributed by atoms with Crippen molar-refractivity contribution in [3.05, 3.63) is 58.5 Å². The van der Waals surface area contributed by atoms with Crippen LogP contribution in [0.15, 0.2) is 36.7 Å². The van der Waals surface area contributed by atoms with E-state index in [0.717, 1.165) is 18.4 Å². The molecule has 0 spiro atoms. The van der Waals surface area contributed by atoms with Gasteiger partial charge in [-0.15, -0.1) is 0 Å². The van der Waals surface area contributed by atoms with E-state index in [2.05, 4.69) is 30.6 Å². The minimum atomic E-state index is -0.682. The van der Waals surface area contributed by atoms with Gasteiger partial charge in [-0.1, -0.05) is 23.7 Å². The number of ether oxygens (including phenoxy) is 1. The molecular formula is C28H33ClN8O3. The summed E-state index contributed by atoms with van der Waals surface area (Å²) in [5.41, 5.74) is 3.32. The highest BCUT2D eigenvalue weighted by atomic mass is 35.5. The highest BCUT2D eigenvalue weighted by molar-refractivity contribution is 6.33. The molecule has 2 aromatic heterocycles. The zero-order valence-electron chi connectivity index (χ0n) is 23.0. The molecule has 4 heterocycles. The van der Waals surface area contributed by atoms with Gasteiger partial charge in [0.15, 0.2) is 0 Å². The Morgan fingerprint density at radius 2 is 1.93 bits per heavy atom. The third-order valence-electron chi connectivity index (χ3n) is 7.23. The Hall–Kier alpha value is -3.83. The Kier molecular flexibility index (Phi) is 8.13. The molecule has 210 valence electrons. The van der Waals surface area contributed by atoms with Gasteiger partial charge < -0.3 is 25.2 Å². The van der Waals surface area contributed by atoms with Gasteiger partial charge in [-0.2, -0.15) is 0 Å². The van der Waals surface area contributed by atoms with E-state index in [0.29, 0.717) is 59.2 Å². The van der Waals surface area contributed by atoms with E-state index in [9.17, 15) is 9.59 Å². The number of amides is 2. The molecule has 2 atom stereocenters. The topological polar surface area (TPSA) is 125 Å². The second-order valence-corrected chi connectivity index (χ2v) is 10.7. The van der Waals surface area contributed by atoms with E-state index in [4.69, 9.17) is 16.3 Å². The first-order valence-electron chi connectivity index (χ1n) is 13.3. The van der Waals surface area contributed by atoms with Crippen molar-refractivity contribution in [2.45, 2.75) is 51.4 Å². The van der Waals surface area contributed by atoms with Crippen LogP contribution in [0.25, 0.3) is 11.3 Å². The lowest BCUT2D eigenvalue weighted by Gasteiger charge is -2.25. The average molecular weight is 565 g/mol. The molecule has 2 aliphatic rings. The first-order valence-corrected chi connectivity index (χ1v) is 13.7. The molecule has 5 rings (SSSR count). The van der Waals surface area contributed by atoms with Crippen molar-refractivity contribution in [1.29, 1.82) is 0 Å². The number of rotatable bonds is 8. The van der Waals surface area contributed by atoms with Gasteiger partial charge in [-0.3, -0.25) is 9.59 Å². The number of hydrogen-bond donors (Lipinski definition) is 2. The van der Waals surface area contributed by atoms with Gasteiger partial charge in [0.1, 0.15) is 6.04 Å². The van der Waals surface area contributed by atoms with Crippen molar-refractivity contribution in [3.63, 3.8) is 0 Å². The summed E-state index contributed by atoms with van der Waals surface area (Å²) in [5, 5.41) is 6.73. The number of nitrogens with zero attached hydrogens (tertiary/aromatic N) is 6. The molecule has 12 heteroatoms. The maximum Gasteiger partial charge on any atom is 0.255 e. The first kappa shape index (κ1) is 27.7. The third kappa shape index (κ3) is 5.85. The molecule has 2 amide bonds. The van der Waals surface area contributed by atoms with Gasteiger partial charge in [0, 0.05) is 57.2 Å². The van der Waals surface area contributed by atoms with E-state index < -0.39 is 6.04 Å². The summed E-state index contributed by atoms with van der Waals surface area (Å²) in [6, 6.07) is 6.55. The quantitative estimate of drug-likeness (QED) is 0.423. The molecule has 0 bridgehead atoms. The number of nitrogens with one attached hydrogen (secondary N) is 2. The third-order valence-corrected chi connectivity index (χ3v) is 7.50. The molecule has 0 saturated carbocycles. The summed E-state index contributed by atoms with van der Waals surface area (Å²) in [6.45, 7) is 5.33. The summed E-state index contributed by atoms with van der Waals surface area (Å²) in [6.07, 6.45) is 4.99. The molecule has 0 radical (unpaired) electrons. The summed E-state index contributed by atoms with van der Waals surface area (Å²) in [5.74, 6) is 0.569. The van der Waals surface area contributed by atoms with Gasteiger partial charge in [-0.05, 0) is 44.4 Å². The van der Waals surface area contributed by atoms with Gasteiger partial charge in [0.2, 0.25) is 17.8 Å². The molecule has 2 N–H and O–H groups in total. The van der Waals surface area contributed by atoms with E-state index in [-0.39, 0.29) is 23.9 Å². The number of carbonyl (C=O) groups is 2. The molecule has 40 heavy (non-hydrogen) atoms. The van der Waals surface area contributed by atoms with Gasteiger partial charge in [-0.25, -0.2) is 19.9 Å². The maximum atomic E-state index is 13.4. The van der Waals surface area contributed by atoms with Crippen molar-refractivity contribution in [2.24, 2.45) is 0 Å². The van der Waals surface area contributed by atoms with Gasteiger partial charge in [0.05, 0.1) is 28.6 Å². The number of benzene rings is 1. The monoisotopic (exact) mass is 564 g/mol. The molecule has 1 aromatic carbocycles. The number of hydrogen-bond acceptors (Lipinski definition) is 9. The predicted octanol–water partition coefficient (Wildman–Crippen LogP) is 3.47. The number of fused-ring (bicyclic) bond motifs is 1. The normalized spacial score (nSPS) is 16.8. The molecule has 11 nitrogen and oxygen atoms in total. The SMILES string of the molecule is CC(NC(=O)C(C)N1Cc2ccc(-c3nc(NC4CCOCC4)ncc3Cl)cc2C1=O)c1ccnc(N(C)C)n1. The summed E-state index contributed by atoms with van der Waals surface area (Å²) in [7, 11) is 3.71. The zero-order valence-corrected chi connectivity index (χ0v) is 23.8. The van der Waals surface area contributed by atoms with E-state index in [1.165, 1.54) is 0 Å². The van der Waals surface area contributed by atoms with Crippen LogP contribution in [-0.4, -0.2) is 76.0 Å². The predicted molar refractivity (Wildman–Crippen MR) is 152 cm³/mol. The molecule has 1 fully saturated rings. The Balaban J connectivity index is 1.29. The average Bonchev–Trinajstić information content (AvgIpc) is 3.29. The highest BCUT2D eigenvalue weighted by Crippen LogP contribution is 2.32. The number of aromatic nitrogens is 4. The Bertz CT molecular complexity index is 1410. The molecular weight excluding hydrogens is 532 g/mol. The molecule has 2 aliphatic heterocycles. The minimum absolute atomic E-state index is 0.213. The van der Waals surface area contributed by atoms with Crippen LogP contribution in [0.1, 0.15) is 54.3 Å². The maximum absolute atomic E-state index is 13.4. The van der Waals surface area contributed by atoms with Gasteiger partial charge >= 0.3 is 0 Å². The van der Waals surface area contributed by atoms with Gasteiger partial charge in [0.25, 0.3) is 5.91 Å². The van der Waals surface area contributed by atoms with Crippen LogP contribution in [0.4, 0.5) is 11.9 Å². The zero-order chi connectivity index (χ0) is 28.4. The van der Waals surface area contributed by atoms with Crippen LogP contribution >= 0.6 is 11.6 Å². The summed E-state index contributed by atoms with van der Waals surface area (Å²) >= 11 is 6.47. The lowest BCUT2D eigenvalue weighted by molar-refractivity contribution is -0.125. The first-order chi connectivity index (χ1) is 19.2. The number of carbonyl (C=O) groups excluding carboxylic acids is 2. The van der Waals surface area contributed by atoms with Crippen LogP contribution in [0.3, 0.4) is 0 Å². The molecule has 2 unspecified atom stereocenters. The second-order valence-electron chi connectivity index (χ2n) is 10.3. The fourth-order valence-corrected chi connectivity index (χ4v) is 5.02. The van der Waals surface area contributed by atoms with Crippen LogP contribution in [0.2, 0.25) is 5.02 Å². The molecule has 1 saturated heterocycles. The lowest BCUT2D eigenvalue weighted by Crippen LogP contribution is -2.46.